The molecule has 0 aromatic carbocycles. The number of hydrogen-bond donors (Lipinski definition) is 1. The van der Waals surface area contributed by atoms with E-state index in [9.17, 15) is 0 Å². The van der Waals surface area contributed by atoms with Crippen molar-refractivity contribution in [2.24, 2.45) is 5.73 Å². The maximum Gasteiger partial charge on any atom is 0.169 e. The summed E-state index contributed by atoms with van der Waals surface area (Å²) in [7, 11) is 0. The zero-order valence-electron chi connectivity index (χ0n) is 6.74. The molecule has 0 aliphatic carbocycles. The molecule has 13 heavy (non-hydrogen) atoms. The molecule has 0 fully saturated rings. The smallest absolute Gasteiger partial charge is 0.169 e. The van der Waals surface area contributed by atoms with Gasteiger partial charge in [0.15, 0.2) is 4.67 Å². The second-order valence-corrected chi connectivity index (χ2v) is 4.24. The number of nitrogens with two attached hydrogens (primary N) is 1. The first kappa shape index (κ1) is 8.99. The van der Waals surface area contributed by atoms with Crippen LogP contribution in [0.4, 0.5) is 0 Å². The predicted octanol–water partition coefficient (Wildman–Crippen LogP) is 3.15. The van der Waals surface area contributed by atoms with Crippen LogP contribution in [0, 0.1) is 0 Å². The van der Waals surface area contributed by atoms with Crippen LogP contribution in [0.5, 0.6) is 0 Å². The van der Waals surface area contributed by atoms with Crippen LogP contribution in [0.3, 0.4) is 0 Å². The minimum atomic E-state index is -0.155. The molecule has 2 N–H and O–H groups in total. The molecule has 0 aliphatic rings. The van der Waals surface area contributed by atoms with Gasteiger partial charge in [-0.2, -0.15) is 11.3 Å². The van der Waals surface area contributed by atoms with E-state index in [0.717, 1.165) is 11.3 Å². The van der Waals surface area contributed by atoms with Gasteiger partial charge in [-0.15, -0.1) is 0 Å². The average molecular weight is 258 g/mol. The molecule has 0 bridgehead atoms. The second-order valence-electron chi connectivity index (χ2n) is 2.68. The highest BCUT2D eigenvalue weighted by Gasteiger charge is 2.12. The van der Waals surface area contributed by atoms with Crippen LogP contribution in [0.15, 0.2) is 38.0 Å². The van der Waals surface area contributed by atoms with Crippen LogP contribution in [0.2, 0.25) is 0 Å². The molecule has 2 aromatic heterocycles. The fourth-order valence-electron chi connectivity index (χ4n) is 1.11. The molecule has 1 atom stereocenters. The van der Waals surface area contributed by atoms with Gasteiger partial charge in [0, 0.05) is 0 Å². The molecule has 2 aromatic rings. The maximum atomic E-state index is 5.97. The van der Waals surface area contributed by atoms with Gasteiger partial charge in [-0.3, -0.25) is 0 Å². The zero-order valence-corrected chi connectivity index (χ0v) is 9.14. The molecule has 68 valence electrons. The number of thiophene rings is 1. The first-order valence-corrected chi connectivity index (χ1v) is 5.54. The lowest BCUT2D eigenvalue weighted by Gasteiger charge is -2.04. The van der Waals surface area contributed by atoms with E-state index in [-0.39, 0.29) is 6.04 Å². The lowest BCUT2D eigenvalue weighted by molar-refractivity contribution is 0.470. The molecule has 2 heterocycles. The van der Waals surface area contributed by atoms with Crippen LogP contribution in [0.25, 0.3) is 0 Å². The van der Waals surface area contributed by atoms with Crippen molar-refractivity contribution < 1.29 is 4.42 Å². The summed E-state index contributed by atoms with van der Waals surface area (Å²) in [4.78, 5) is 0. The third-order valence-electron chi connectivity index (χ3n) is 1.80. The fourth-order valence-corrected chi connectivity index (χ4v) is 2.13. The normalized spacial score (nSPS) is 13.1. The minimum absolute atomic E-state index is 0.155. The van der Waals surface area contributed by atoms with Crippen molar-refractivity contribution in [2.45, 2.75) is 6.04 Å². The van der Waals surface area contributed by atoms with Gasteiger partial charge in [0.1, 0.15) is 5.76 Å². The Morgan fingerprint density at radius 3 is 2.77 bits per heavy atom. The van der Waals surface area contributed by atoms with Crippen molar-refractivity contribution in [3.8, 4) is 0 Å². The van der Waals surface area contributed by atoms with Crippen LogP contribution in [-0.4, -0.2) is 0 Å². The van der Waals surface area contributed by atoms with Crippen molar-refractivity contribution in [2.75, 3.05) is 0 Å². The van der Waals surface area contributed by atoms with Crippen LogP contribution in [0.1, 0.15) is 17.4 Å². The summed E-state index contributed by atoms with van der Waals surface area (Å²) in [6.07, 6.45) is 0. The molecule has 2 nitrogen and oxygen atoms in total. The lowest BCUT2D eigenvalue weighted by Crippen LogP contribution is -2.09. The van der Waals surface area contributed by atoms with Gasteiger partial charge in [0.2, 0.25) is 0 Å². The van der Waals surface area contributed by atoms with E-state index in [4.69, 9.17) is 10.2 Å². The summed E-state index contributed by atoms with van der Waals surface area (Å²) in [5, 5.41) is 4.04. The average Bonchev–Trinajstić information content (AvgIpc) is 2.72. The van der Waals surface area contributed by atoms with E-state index in [1.165, 1.54) is 0 Å². The quantitative estimate of drug-likeness (QED) is 0.898. The van der Waals surface area contributed by atoms with E-state index < -0.39 is 0 Å². The van der Waals surface area contributed by atoms with Crippen LogP contribution >= 0.6 is 27.3 Å². The molecule has 0 radical (unpaired) electrons. The fraction of sp³-hybridized carbons (Fsp3) is 0.111. The van der Waals surface area contributed by atoms with E-state index in [1.807, 2.05) is 29.0 Å². The van der Waals surface area contributed by atoms with E-state index in [1.54, 1.807) is 11.3 Å². The number of rotatable bonds is 2. The van der Waals surface area contributed by atoms with Gasteiger partial charge in [-0.05, 0) is 50.5 Å². The Morgan fingerprint density at radius 1 is 1.38 bits per heavy atom. The Bertz CT molecular complexity index is 382. The summed E-state index contributed by atoms with van der Waals surface area (Å²) in [6, 6.07) is 5.58. The molecular formula is C9H8BrNOS. The van der Waals surface area contributed by atoms with Crippen molar-refractivity contribution in [1.29, 1.82) is 0 Å². The van der Waals surface area contributed by atoms with Gasteiger partial charge in [0.05, 0.1) is 6.04 Å². The monoisotopic (exact) mass is 257 g/mol. The molecular weight excluding hydrogens is 250 g/mol. The number of hydrogen-bond acceptors (Lipinski definition) is 3. The first-order chi connectivity index (χ1) is 6.27. The Balaban J connectivity index is 2.28. The topological polar surface area (TPSA) is 39.2 Å². The van der Waals surface area contributed by atoms with Gasteiger partial charge < -0.3 is 10.2 Å². The minimum Gasteiger partial charge on any atom is -0.452 e. The lowest BCUT2D eigenvalue weighted by atomic mass is 10.1. The summed E-state index contributed by atoms with van der Waals surface area (Å²) < 4.78 is 6.08. The van der Waals surface area contributed by atoms with E-state index >= 15 is 0 Å². The maximum absolute atomic E-state index is 5.97. The Morgan fingerprint density at radius 2 is 2.23 bits per heavy atom. The predicted molar refractivity (Wildman–Crippen MR) is 56.8 cm³/mol. The Hall–Kier alpha value is -0.580. The number of furan rings is 1. The third-order valence-corrected chi connectivity index (χ3v) is 2.93. The highest BCUT2D eigenvalue weighted by Crippen LogP contribution is 2.25. The standard InChI is InChI=1S/C9H8BrNOS/c10-8-2-1-7(12-8)9(11)6-3-4-13-5-6/h1-5,9H,11H2/t9-/m0/s1. The number of halogens is 1. The van der Waals surface area contributed by atoms with E-state index in [0.29, 0.717) is 4.67 Å². The second kappa shape index (κ2) is 3.65. The summed E-state index contributed by atoms with van der Waals surface area (Å²) >= 11 is 4.88. The molecule has 0 amide bonds. The van der Waals surface area contributed by atoms with Gasteiger partial charge in [-0.25, -0.2) is 0 Å². The summed E-state index contributed by atoms with van der Waals surface area (Å²) in [5.74, 6) is 0.783. The summed E-state index contributed by atoms with van der Waals surface area (Å²) in [6.45, 7) is 0. The highest BCUT2D eigenvalue weighted by molar-refractivity contribution is 9.10. The van der Waals surface area contributed by atoms with Gasteiger partial charge in [-0.1, -0.05) is 0 Å². The molecule has 0 saturated carbocycles. The molecule has 0 spiro atoms. The van der Waals surface area contributed by atoms with E-state index in [2.05, 4.69) is 15.9 Å². The Kier molecular flexibility index (Phi) is 2.53. The molecule has 2 rings (SSSR count). The molecule has 0 saturated heterocycles. The highest BCUT2D eigenvalue weighted by atomic mass is 79.9. The van der Waals surface area contributed by atoms with Crippen molar-refractivity contribution in [1.82, 2.24) is 0 Å². The molecule has 4 heteroatoms. The molecule has 0 unspecified atom stereocenters. The first-order valence-electron chi connectivity index (χ1n) is 3.80. The Labute approximate surface area is 88.5 Å². The largest absolute Gasteiger partial charge is 0.452 e. The van der Waals surface area contributed by atoms with Crippen molar-refractivity contribution >= 4 is 27.3 Å². The van der Waals surface area contributed by atoms with Gasteiger partial charge >= 0.3 is 0 Å². The van der Waals surface area contributed by atoms with Crippen molar-refractivity contribution in [3.63, 3.8) is 0 Å². The van der Waals surface area contributed by atoms with Crippen molar-refractivity contribution in [3.05, 3.63) is 45.0 Å². The third kappa shape index (κ3) is 1.85. The van der Waals surface area contributed by atoms with Crippen LogP contribution < -0.4 is 5.73 Å². The van der Waals surface area contributed by atoms with Crippen LogP contribution in [-0.2, 0) is 0 Å². The summed E-state index contributed by atoms with van der Waals surface area (Å²) in [5.41, 5.74) is 7.06. The SMILES string of the molecule is N[C@@H](c1ccsc1)c1ccc(Br)o1. The zero-order chi connectivity index (χ0) is 9.26. The van der Waals surface area contributed by atoms with Gasteiger partial charge in [0.25, 0.3) is 0 Å². The molecule has 0 aliphatic heterocycles.